The molecule has 0 saturated carbocycles. The number of nitrogens with one attached hydrogen (secondary N) is 1. The second-order valence-corrected chi connectivity index (χ2v) is 2.90. The molecule has 0 bridgehead atoms. The molecule has 0 radical (unpaired) electrons. The van der Waals surface area contributed by atoms with Gasteiger partial charge >= 0.3 is 0 Å². The zero-order chi connectivity index (χ0) is 9.14. The van der Waals surface area contributed by atoms with Crippen molar-refractivity contribution in [3.05, 3.63) is 0 Å². The van der Waals surface area contributed by atoms with E-state index < -0.39 is 5.91 Å². The minimum Gasteiger partial charge on any atom is -0.368 e. The van der Waals surface area contributed by atoms with E-state index in [2.05, 4.69) is 5.32 Å². The number of amides is 2. The number of carbonyl (C=O) groups is 2. The van der Waals surface area contributed by atoms with Crippen LogP contribution in [0.1, 0.15) is 6.92 Å². The van der Waals surface area contributed by atoms with Crippen molar-refractivity contribution in [2.45, 2.75) is 13.0 Å². The van der Waals surface area contributed by atoms with E-state index in [0.717, 1.165) is 6.54 Å². The molecule has 1 rings (SSSR count). The first-order valence-electron chi connectivity index (χ1n) is 3.91. The van der Waals surface area contributed by atoms with Crippen LogP contribution in [0.3, 0.4) is 0 Å². The van der Waals surface area contributed by atoms with Crippen molar-refractivity contribution in [2.24, 2.45) is 5.73 Å². The quantitative estimate of drug-likeness (QED) is 0.519. The fourth-order valence-electron chi connectivity index (χ4n) is 1.23. The molecule has 1 fully saturated rings. The summed E-state index contributed by atoms with van der Waals surface area (Å²) in [6.45, 7) is 3.09. The van der Waals surface area contributed by atoms with Crippen molar-refractivity contribution < 1.29 is 9.59 Å². The van der Waals surface area contributed by atoms with Gasteiger partial charge in [0.05, 0.1) is 12.6 Å². The van der Waals surface area contributed by atoms with Gasteiger partial charge in [0, 0.05) is 13.1 Å². The number of rotatable bonds is 2. The molecule has 12 heavy (non-hydrogen) atoms. The van der Waals surface area contributed by atoms with E-state index in [4.69, 9.17) is 5.73 Å². The van der Waals surface area contributed by atoms with Crippen LogP contribution in [-0.4, -0.2) is 42.4 Å². The number of nitrogens with two attached hydrogens (primary N) is 1. The largest absolute Gasteiger partial charge is 0.368 e. The Labute approximate surface area is 70.9 Å². The molecule has 3 N–H and O–H groups in total. The summed E-state index contributed by atoms with van der Waals surface area (Å²) in [6.07, 6.45) is 0. The van der Waals surface area contributed by atoms with Crippen LogP contribution in [0.25, 0.3) is 0 Å². The molecule has 1 aliphatic rings. The molecule has 1 heterocycles. The van der Waals surface area contributed by atoms with Crippen molar-refractivity contribution in [2.75, 3.05) is 19.6 Å². The summed E-state index contributed by atoms with van der Waals surface area (Å²) in [7, 11) is 0. The lowest BCUT2D eigenvalue weighted by molar-refractivity contribution is -0.138. The van der Waals surface area contributed by atoms with Gasteiger partial charge in [0.15, 0.2) is 0 Å². The van der Waals surface area contributed by atoms with Gasteiger partial charge in [0.1, 0.15) is 0 Å². The van der Waals surface area contributed by atoms with E-state index in [1.807, 2.05) is 0 Å². The lowest BCUT2D eigenvalue weighted by Gasteiger charge is -2.30. The van der Waals surface area contributed by atoms with Gasteiger partial charge in [-0.2, -0.15) is 0 Å². The van der Waals surface area contributed by atoms with Crippen LogP contribution < -0.4 is 11.1 Å². The zero-order valence-corrected chi connectivity index (χ0v) is 7.04. The second kappa shape index (κ2) is 3.53. The third-order valence-corrected chi connectivity index (χ3v) is 1.86. The maximum absolute atomic E-state index is 11.3. The van der Waals surface area contributed by atoms with Crippen molar-refractivity contribution in [3.63, 3.8) is 0 Å². The Morgan fingerprint density at radius 2 is 2.50 bits per heavy atom. The fourth-order valence-corrected chi connectivity index (χ4v) is 1.23. The first-order valence-corrected chi connectivity index (χ1v) is 3.91. The lowest BCUT2D eigenvalue weighted by Crippen LogP contribution is -2.55. The Hall–Kier alpha value is -1.10. The first kappa shape index (κ1) is 8.99. The molecule has 1 unspecified atom stereocenters. The Kier molecular flexibility index (Phi) is 2.65. The summed E-state index contributed by atoms with van der Waals surface area (Å²) in [5.41, 5.74) is 4.98. The van der Waals surface area contributed by atoms with Gasteiger partial charge in [-0.3, -0.25) is 9.59 Å². The minimum atomic E-state index is -0.461. The van der Waals surface area contributed by atoms with Gasteiger partial charge < -0.3 is 16.0 Å². The molecule has 5 nitrogen and oxygen atoms in total. The molecule has 2 amide bonds. The average Bonchev–Trinajstić information content (AvgIpc) is 1.98. The summed E-state index contributed by atoms with van der Waals surface area (Å²) >= 11 is 0. The SMILES string of the molecule is CC1NCCN(CC(N)=O)C1=O. The van der Waals surface area contributed by atoms with Crippen LogP contribution in [0.2, 0.25) is 0 Å². The monoisotopic (exact) mass is 171 g/mol. The molecular formula is C7H13N3O2. The van der Waals surface area contributed by atoms with Gasteiger partial charge in [-0.15, -0.1) is 0 Å². The van der Waals surface area contributed by atoms with Crippen LogP contribution in [0.4, 0.5) is 0 Å². The normalized spacial score (nSPS) is 24.2. The van der Waals surface area contributed by atoms with E-state index in [9.17, 15) is 9.59 Å². The fraction of sp³-hybridized carbons (Fsp3) is 0.714. The van der Waals surface area contributed by atoms with Crippen LogP contribution in [-0.2, 0) is 9.59 Å². The number of primary amides is 1. The zero-order valence-electron chi connectivity index (χ0n) is 7.04. The maximum Gasteiger partial charge on any atom is 0.239 e. The number of carbonyl (C=O) groups excluding carboxylic acids is 2. The van der Waals surface area contributed by atoms with Crippen molar-refractivity contribution in [1.82, 2.24) is 10.2 Å². The van der Waals surface area contributed by atoms with Gasteiger partial charge in [-0.05, 0) is 6.92 Å². The Bertz CT molecular complexity index is 205. The summed E-state index contributed by atoms with van der Waals surface area (Å²) < 4.78 is 0. The van der Waals surface area contributed by atoms with Crippen LogP contribution in [0.5, 0.6) is 0 Å². The van der Waals surface area contributed by atoms with E-state index in [0.29, 0.717) is 6.54 Å². The predicted octanol–water partition coefficient (Wildman–Crippen LogP) is -1.71. The van der Waals surface area contributed by atoms with Gasteiger partial charge in [-0.25, -0.2) is 0 Å². The molecule has 0 aromatic carbocycles. The summed E-state index contributed by atoms with van der Waals surface area (Å²) in [4.78, 5) is 23.3. The minimum absolute atomic E-state index is 0.0326. The van der Waals surface area contributed by atoms with Gasteiger partial charge in [0.2, 0.25) is 11.8 Å². The Morgan fingerprint density at radius 1 is 1.83 bits per heavy atom. The second-order valence-electron chi connectivity index (χ2n) is 2.90. The molecular weight excluding hydrogens is 158 g/mol. The maximum atomic E-state index is 11.3. The molecule has 5 heteroatoms. The highest BCUT2D eigenvalue weighted by Gasteiger charge is 2.25. The van der Waals surface area contributed by atoms with E-state index >= 15 is 0 Å². The molecule has 1 atom stereocenters. The molecule has 0 aromatic heterocycles. The van der Waals surface area contributed by atoms with Crippen molar-refractivity contribution in [1.29, 1.82) is 0 Å². The molecule has 68 valence electrons. The van der Waals surface area contributed by atoms with E-state index in [1.54, 1.807) is 6.92 Å². The van der Waals surface area contributed by atoms with Gasteiger partial charge in [0.25, 0.3) is 0 Å². The highest BCUT2D eigenvalue weighted by molar-refractivity contribution is 5.87. The van der Waals surface area contributed by atoms with Crippen LogP contribution in [0, 0.1) is 0 Å². The topological polar surface area (TPSA) is 75.4 Å². The average molecular weight is 171 g/mol. The smallest absolute Gasteiger partial charge is 0.239 e. The molecule has 0 spiro atoms. The van der Waals surface area contributed by atoms with Crippen molar-refractivity contribution >= 4 is 11.8 Å². The third kappa shape index (κ3) is 1.94. The number of nitrogens with zero attached hydrogens (tertiary/aromatic N) is 1. The van der Waals surface area contributed by atoms with Crippen LogP contribution in [0.15, 0.2) is 0 Å². The highest BCUT2D eigenvalue weighted by atomic mass is 16.2. The standard InChI is InChI=1S/C7H13N3O2/c1-5-7(12)10(3-2-9-5)4-6(8)11/h5,9H,2-4H2,1H3,(H2,8,11). The van der Waals surface area contributed by atoms with Crippen LogP contribution >= 0.6 is 0 Å². The Balaban J connectivity index is 2.52. The molecule has 0 aliphatic carbocycles. The van der Waals surface area contributed by atoms with Gasteiger partial charge in [-0.1, -0.05) is 0 Å². The Morgan fingerprint density at radius 3 is 3.08 bits per heavy atom. The number of hydrogen-bond donors (Lipinski definition) is 2. The van der Waals surface area contributed by atoms with E-state index in [-0.39, 0.29) is 18.5 Å². The summed E-state index contributed by atoms with van der Waals surface area (Å²) in [6, 6.07) is -0.196. The predicted molar refractivity (Wildman–Crippen MR) is 43.2 cm³/mol. The highest BCUT2D eigenvalue weighted by Crippen LogP contribution is 1.99. The lowest BCUT2D eigenvalue weighted by atomic mass is 10.2. The van der Waals surface area contributed by atoms with Crippen molar-refractivity contribution in [3.8, 4) is 0 Å². The number of piperazine rings is 1. The summed E-state index contributed by atoms with van der Waals surface area (Å²) in [5.74, 6) is -0.516. The molecule has 1 saturated heterocycles. The number of hydrogen-bond acceptors (Lipinski definition) is 3. The molecule has 0 aromatic rings. The first-order chi connectivity index (χ1) is 5.61. The van der Waals surface area contributed by atoms with E-state index in [1.165, 1.54) is 4.90 Å². The summed E-state index contributed by atoms with van der Waals surface area (Å²) in [5, 5.41) is 2.99. The molecule has 1 aliphatic heterocycles. The third-order valence-electron chi connectivity index (χ3n) is 1.86.